The second-order valence-electron chi connectivity index (χ2n) is 8.27. The number of carbonyl (C=O) groups is 1. The summed E-state index contributed by atoms with van der Waals surface area (Å²) in [5.41, 5.74) is 11.9. The molecule has 30 heavy (non-hydrogen) atoms. The van der Waals surface area contributed by atoms with Gasteiger partial charge in [-0.3, -0.25) is 4.79 Å². The van der Waals surface area contributed by atoms with E-state index in [0.29, 0.717) is 12.8 Å². The van der Waals surface area contributed by atoms with Gasteiger partial charge in [0.2, 0.25) is 0 Å². The molecule has 0 aliphatic heterocycles. The number of aromatic nitrogens is 2. The van der Waals surface area contributed by atoms with Crippen molar-refractivity contribution in [2.75, 3.05) is 7.11 Å². The normalized spacial score (nSPS) is 15.3. The first-order chi connectivity index (χ1) is 14.5. The molecule has 0 amide bonds. The van der Waals surface area contributed by atoms with E-state index in [0.717, 1.165) is 41.1 Å². The molecule has 1 aromatic heterocycles. The number of hydrogen-bond acceptors (Lipinski definition) is 4. The number of rotatable bonds is 6. The van der Waals surface area contributed by atoms with Crippen LogP contribution in [0, 0.1) is 0 Å². The highest BCUT2D eigenvalue weighted by molar-refractivity contribution is 5.69. The van der Waals surface area contributed by atoms with Crippen LogP contribution >= 0.6 is 0 Å². The first-order valence-corrected chi connectivity index (χ1v) is 10.6. The number of carbonyl (C=O) groups excluding carboxylic acids is 1. The summed E-state index contributed by atoms with van der Waals surface area (Å²) in [5, 5.41) is 0. The van der Waals surface area contributed by atoms with Crippen LogP contribution < -0.4 is 5.73 Å². The highest BCUT2D eigenvalue weighted by Crippen LogP contribution is 2.37. The highest BCUT2D eigenvalue weighted by Gasteiger charge is 2.30. The van der Waals surface area contributed by atoms with Crippen molar-refractivity contribution in [1.29, 1.82) is 0 Å². The standard InChI is InChI=1S/C25H29N3O2/c1-28-17-22(19-10-12-21(13-11-19)25(26)15-3-4-16-25)27-24(28)20-8-5-18(6-9-20)7-14-23(29)30-2/h5-6,8-13,17H,3-4,7,14-16,26H2,1-2H3. The molecule has 5 heteroatoms. The summed E-state index contributed by atoms with van der Waals surface area (Å²) in [5.74, 6) is 0.729. The average Bonchev–Trinajstić information content (AvgIpc) is 3.39. The van der Waals surface area contributed by atoms with Crippen molar-refractivity contribution in [3.05, 3.63) is 65.9 Å². The molecule has 1 heterocycles. The molecule has 1 aliphatic carbocycles. The number of ether oxygens (including phenoxy) is 1. The maximum atomic E-state index is 11.3. The van der Waals surface area contributed by atoms with Crippen LogP contribution in [0.4, 0.5) is 0 Å². The van der Waals surface area contributed by atoms with E-state index in [1.165, 1.54) is 25.5 Å². The Hall–Kier alpha value is -2.92. The zero-order chi connectivity index (χ0) is 21.1. The van der Waals surface area contributed by atoms with Crippen molar-refractivity contribution in [2.45, 2.75) is 44.1 Å². The Morgan fingerprint density at radius 3 is 2.33 bits per heavy atom. The third-order valence-electron chi connectivity index (χ3n) is 6.19. The molecule has 3 aromatic rings. The van der Waals surface area contributed by atoms with E-state index in [1.54, 1.807) is 0 Å². The lowest BCUT2D eigenvalue weighted by Crippen LogP contribution is -2.32. The van der Waals surface area contributed by atoms with Gasteiger partial charge in [0.15, 0.2) is 0 Å². The van der Waals surface area contributed by atoms with E-state index in [9.17, 15) is 4.79 Å². The van der Waals surface area contributed by atoms with Crippen molar-refractivity contribution in [1.82, 2.24) is 9.55 Å². The van der Waals surface area contributed by atoms with E-state index in [1.807, 2.05) is 23.7 Å². The van der Waals surface area contributed by atoms with Gasteiger partial charge in [0.05, 0.1) is 12.8 Å². The second-order valence-corrected chi connectivity index (χ2v) is 8.27. The summed E-state index contributed by atoms with van der Waals surface area (Å²) >= 11 is 0. The molecule has 0 saturated heterocycles. The fraction of sp³-hybridized carbons (Fsp3) is 0.360. The zero-order valence-corrected chi connectivity index (χ0v) is 17.7. The minimum Gasteiger partial charge on any atom is -0.469 e. The number of nitrogens with two attached hydrogens (primary N) is 1. The van der Waals surface area contributed by atoms with Crippen molar-refractivity contribution < 1.29 is 9.53 Å². The van der Waals surface area contributed by atoms with Gasteiger partial charge in [0.25, 0.3) is 0 Å². The Morgan fingerprint density at radius 1 is 1.07 bits per heavy atom. The predicted molar refractivity (Wildman–Crippen MR) is 119 cm³/mol. The molecule has 1 saturated carbocycles. The van der Waals surface area contributed by atoms with Crippen LogP contribution in [-0.4, -0.2) is 22.6 Å². The topological polar surface area (TPSA) is 70.1 Å². The van der Waals surface area contributed by atoms with Crippen molar-refractivity contribution in [3.63, 3.8) is 0 Å². The Bertz CT molecular complexity index is 1010. The average molecular weight is 404 g/mol. The van der Waals surface area contributed by atoms with Crippen LogP contribution in [0.15, 0.2) is 54.7 Å². The first kappa shape index (κ1) is 20.4. The molecule has 5 nitrogen and oxygen atoms in total. The lowest BCUT2D eigenvalue weighted by atomic mass is 9.89. The highest BCUT2D eigenvalue weighted by atomic mass is 16.5. The molecule has 0 atom stereocenters. The fourth-order valence-electron chi connectivity index (χ4n) is 4.31. The summed E-state index contributed by atoms with van der Waals surface area (Å²) in [6.07, 6.45) is 7.68. The molecule has 4 rings (SSSR count). The van der Waals surface area contributed by atoms with E-state index in [2.05, 4.69) is 42.6 Å². The Morgan fingerprint density at radius 2 is 1.70 bits per heavy atom. The molecule has 0 bridgehead atoms. The summed E-state index contributed by atoms with van der Waals surface area (Å²) < 4.78 is 6.76. The van der Waals surface area contributed by atoms with Gasteiger partial charge in [-0.1, -0.05) is 61.4 Å². The lowest BCUT2D eigenvalue weighted by Gasteiger charge is -2.24. The van der Waals surface area contributed by atoms with E-state index in [-0.39, 0.29) is 11.5 Å². The summed E-state index contributed by atoms with van der Waals surface area (Å²) in [6, 6.07) is 16.8. The molecule has 2 aromatic carbocycles. The van der Waals surface area contributed by atoms with E-state index < -0.39 is 0 Å². The molecule has 1 fully saturated rings. The Balaban J connectivity index is 1.51. The lowest BCUT2D eigenvalue weighted by molar-refractivity contribution is -0.140. The molecule has 1 aliphatic rings. The van der Waals surface area contributed by atoms with Gasteiger partial charge in [-0.25, -0.2) is 4.98 Å². The van der Waals surface area contributed by atoms with Crippen LogP contribution in [0.1, 0.15) is 43.2 Å². The third-order valence-corrected chi connectivity index (χ3v) is 6.19. The summed E-state index contributed by atoms with van der Waals surface area (Å²) in [6.45, 7) is 0. The number of hydrogen-bond donors (Lipinski definition) is 1. The van der Waals surface area contributed by atoms with Gasteiger partial charge in [-0.15, -0.1) is 0 Å². The van der Waals surface area contributed by atoms with Crippen LogP contribution in [0.3, 0.4) is 0 Å². The van der Waals surface area contributed by atoms with Gasteiger partial charge in [0.1, 0.15) is 5.82 Å². The largest absolute Gasteiger partial charge is 0.469 e. The Labute approximate surface area is 177 Å². The van der Waals surface area contributed by atoms with Crippen molar-refractivity contribution >= 4 is 5.97 Å². The quantitative estimate of drug-likeness (QED) is 0.611. The summed E-state index contributed by atoms with van der Waals surface area (Å²) in [7, 11) is 3.43. The third kappa shape index (κ3) is 4.17. The fourth-order valence-corrected chi connectivity index (χ4v) is 4.31. The van der Waals surface area contributed by atoms with Gasteiger partial charge in [-0.05, 0) is 30.4 Å². The van der Waals surface area contributed by atoms with E-state index >= 15 is 0 Å². The number of aryl methyl sites for hydroxylation is 2. The molecule has 156 valence electrons. The monoisotopic (exact) mass is 403 g/mol. The Kier molecular flexibility index (Phi) is 5.73. The number of methoxy groups -OCH3 is 1. The minimum absolute atomic E-state index is 0.163. The van der Waals surface area contributed by atoms with Gasteiger partial charge in [-0.2, -0.15) is 0 Å². The number of nitrogens with zero attached hydrogens (tertiary/aromatic N) is 2. The number of benzene rings is 2. The molecule has 0 spiro atoms. The molecule has 0 radical (unpaired) electrons. The van der Waals surface area contributed by atoms with Gasteiger partial charge < -0.3 is 15.0 Å². The van der Waals surface area contributed by atoms with Gasteiger partial charge in [0, 0.05) is 36.3 Å². The minimum atomic E-state index is -0.188. The maximum absolute atomic E-state index is 11.3. The molecule has 2 N–H and O–H groups in total. The van der Waals surface area contributed by atoms with Crippen LogP contribution in [0.2, 0.25) is 0 Å². The zero-order valence-electron chi connectivity index (χ0n) is 17.7. The van der Waals surface area contributed by atoms with Crippen LogP contribution in [0.25, 0.3) is 22.6 Å². The smallest absolute Gasteiger partial charge is 0.305 e. The molecular weight excluding hydrogens is 374 g/mol. The van der Waals surface area contributed by atoms with Crippen LogP contribution in [0.5, 0.6) is 0 Å². The summed E-state index contributed by atoms with van der Waals surface area (Å²) in [4.78, 5) is 16.2. The molecule has 0 unspecified atom stereocenters. The van der Waals surface area contributed by atoms with E-state index in [4.69, 9.17) is 15.5 Å². The maximum Gasteiger partial charge on any atom is 0.305 e. The first-order valence-electron chi connectivity index (χ1n) is 10.6. The van der Waals surface area contributed by atoms with Crippen LogP contribution in [-0.2, 0) is 28.5 Å². The SMILES string of the molecule is COC(=O)CCc1ccc(-c2nc(-c3ccc(C4(N)CCCC4)cc3)cn2C)cc1. The number of esters is 1. The van der Waals surface area contributed by atoms with Crippen molar-refractivity contribution in [2.24, 2.45) is 12.8 Å². The molecular formula is C25H29N3O2. The second kappa shape index (κ2) is 8.44. The van der Waals surface area contributed by atoms with Crippen molar-refractivity contribution in [3.8, 4) is 22.6 Å². The predicted octanol–water partition coefficient (Wildman–Crippen LogP) is 4.59. The van der Waals surface area contributed by atoms with Gasteiger partial charge >= 0.3 is 5.97 Å². The number of imidazole rings is 1.